The zero-order valence-electron chi connectivity index (χ0n) is 11.8. The van der Waals surface area contributed by atoms with Crippen LogP contribution in [0.1, 0.15) is 29.3 Å². The van der Waals surface area contributed by atoms with Crippen molar-refractivity contribution in [2.45, 2.75) is 26.3 Å². The summed E-state index contributed by atoms with van der Waals surface area (Å²) in [4.78, 5) is 23.1. The smallest absolute Gasteiger partial charge is 0.326 e. The first-order valence-corrected chi connectivity index (χ1v) is 6.29. The molecule has 1 atom stereocenters. The Morgan fingerprint density at radius 1 is 1.45 bits per heavy atom. The molecule has 1 aromatic rings. The summed E-state index contributed by atoms with van der Waals surface area (Å²) < 4.78 is 5.15. The van der Waals surface area contributed by atoms with E-state index >= 15 is 0 Å². The van der Waals surface area contributed by atoms with E-state index in [0.29, 0.717) is 11.3 Å². The molecule has 1 amide bonds. The van der Waals surface area contributed by atoms with Crippen LogP contribution in [0.3, 0.4) is 0 Å². The van der Waals surface area contributed by atoms with E-state index in [1.54, 1.807) is 37.3 Å². The molecule has 0 spiro atoms. The normalized spacial score (nSPS) is 12.2. The number of ether oxygens (including phenoxy) is 1. The van der Waals surface area contributed by atoms with Crippen LogP contribution in [-0.4, -0.2) is 30.1 Å². The molecule has 0 aromatic heterocycles. The third-order valence-corrected chi connectivity index (χ3v) is 2.88. The maximum Gasteiger partial charge on any atom is 0.326 e. The second-order valence-corrected chi connectivity index (χ2v) is 4.35. The minimum atomic E-state index is -1.06. The lowest BCUT2D eigenvalue weighted by atomic mass is 10.1. The Morgan fingerprint density at radius 3 is 2.70 bits per heavy atom. The second kappa shape index (κ2) is 7.33. The molecule has 0 heterocycles. The van der Waals surface area contributed by atoms with Crippen LogP contribution >= 0.6 is 0 Å². The standard InChI is InChI=1S/C15H19NO4/c1-4-5-6-12(15(18)19)16-14(17)11-8-7-10(2)13(9-11)20-3/h4-5,7-9,12H,6H2,1-3H3,(H,16,17)(H,18,19)/b5-4+. The lowest BCUT2D eigenvalue weighted by Gasteiger charge is -2.13. The average Bonchev–Trinajstić information content (AvgIpc) is 2.43. The van der Waals surface area contributed by atoms with Crippen molar-refractivity contribution in [3.05, 3.63) is 41.5 Å². The highest BCUT2D eigenvalue weighted by molar-refractivity contribution is 5.97. The Balaban J connectivity index is 2.86. The maximum atomic E-state index is 12.0. The number of carbonyl (C=O) groups is 2. The molecule has 5 heteroatoms. The zero-order chi connectivity index (χ0) is 15.1. The third-order valence-electron chi connectivity index (χ3n) is 2.88. The molecule has 0 bridgehead atoms. The number of carbonyl (C=O) groups excluding carboxylic acids is 1. The van der Waals surface area contributed by atoms with Crippen LogP contribution in [0.25, 0.3) is 0 Å². The number of hydrogen-bond acceptors (Lipinski definition) is 3. The molecule has 0 fully saturated rings. The van der Waals surface area contributed by atoms with E-state index in [-0.39, 0.29) is 6.42 Å². The minimum absolute atomic E-state index is 0.251. The largest absolute Gasteiger partial charge is 0.496 e. The fourth-order valence-electron chi connectivity index (χ4n) is 1.70. The fraction of sp³-hybridized carbons (Fsp3) is 0.333. The quantitative estimate of drug-likeness (QED) is 0.781. The van der Waals surface area contributed by atoms with Gasteiger partial charge in [-0.2, -0.15) is 0 Å². The molecule has 1 rings (SSSR count). The van der Waals surface area contributed by atoms with E-state index in [0.717, 1.165) is 5.56 Å². The first-order valence-electron chi connectivity index (χ1n) is 6.29. The van der Waals surface area contributed by atoms with Crippen molar-refractivity contribution >= 4 is 11.9 Å². The lowest BCUT2D eigenvalue weighted by Crippen LogP contribution is -2.40. The highest BCUT2D eigenvalue weighted by Gasteiger charge is 2.19. The van der Waals surface area contributed by atoms with Crippen molar-refractivity contribution < 1.29 is 19.4 Å². The first kappa shape index (κ1) is 15.8. The van der Waals surface area contributed by atoms with Gasteiger partial charge in [-0.3, -0.25) is 4.79 Å². The SMILES string of the molecule is C/C=C/CC(NC(=O)c1ccc(C)c(OC)c1)C(=O)O. The summed E-state index contributed by atoms with van der Waals surface area (Å²) in [5.74, 6) is -0.895. The van der Waals surface area contributed by atoms with Crippen LogP contribution in [0.15, 0.2) is 30.4 Å². The van der Waals surface area contributed by atoms with Crippen LogP contribution in [0, 0.1) is 6.92 Å². The number of carboxylic acids is 1. The molecule has 2 N–H and O–H groups in total. The number of methoxy groups -OCH3 is 1. The lowest BCUT2D eigenvalue weighted by molar-refractivity contribution is -0.139. The number of benzene rings is 1. The maximum absolute atomic E-state index is 12.0. The monoisotopic (exact) mass is 277 g/mol. The van der Waals surface area contributed by atoms with Gasteiger partial charge in [0.15, 0.2) is 0 Å². The van der Waals surface area contributed by atoms with Gasteiger partial charge in [0.05, 0.1) is 7.11 Å². The highest BCUT2D eigenvalue weighted by Crippen LogP contribution is 2.19. The summed E-state index contributed by atoms with van der Waals surface area (Å²) in [5.41, 5.74) is 1.28. The molecular weight excluding hydrogens is 258 g/mol. The molecular formula is C15H19NO4. The summed E-state index contributed by atoms with van der Waals surface area (Å²) in [5, 5.41) is 11.6. The van der Waals surface area contributed by atoms with Crippen molar-refractivity contribution in [2.24, 2.45) is 0 Å². The van der Waals surface area contributed by atoms with Gasteiger partial charge in [0, 0.05) is 5.56 Å². The summed E-state index contributed by atoms with van der Waals surface area (Å²) in [6.45, 7) is 3.66. The predicted molar refractivity (Wildman–Crippen MR) is 76.1 cm³/mol. The number of aryl methyl sites for hydroxylation is 1. The molecule has 0 aliphatic carbocycles. The van der Waals surface area contributed by atoms with Crippen molar-refractivity contribution in [1.29, 1.82) is 0 Å². The van der Waals surface area contributed by atoms with Gasteiger partial charge >= 0.3 is 5.97 Å². The number of rotatable bonds is 6. The summed E-state index contributed by atoms with van der Waals surface area (Å²) in [6, 6.07) is 4.06. The highest BCUT2D eigenvalue weighted by atomic mass is 16.5. The number of carboxylic acid groups (broad SMARTS) is 1. The van der Waals surface area contributed by atoms with Gasteiger partial charge in [0.1, 0.15) is 11.8 Å². The molecule has 0 saturated heterocycles. The first-order chi connectivity index (χ1) is 9.49. The van der Waals surface area contributed by atoms with Crippen LogP contribution in [0.4, 0.5) is 0 Å². The van der Waals surface area contributed by atoms with E-state index in [1.165, 1.54) is 7.11 Å². The summed E-state index contributed by atoms with van der Waals surface area (Å²) in [7, 11) is 1.52. The molecule has 1 aromatic carbocycles. The molecule has 0 aliphatic rings. The van der Waals surface area contributed by atoms with Gasteiger partial charge in [-0.15, -0.1) is 0 Å². The molecule has 1 unspecified atom stereocenters. The zero-order valence-corrected chi connectivity index (χ0v) is 11.8. The van der Waals surface area contributed by atoms with Gasteiger partial charge in [0.25, 0.3) is 5.91 Å². The van der Waals surface area contributed by atoms with E-state index in [1.807, 2.05) is 6.92 Å². The van der Waals surface area contributed by atoms with Crippen molar-refractivity contribution in [1.82, 2.24) is 5.32 Å². The molecule has 0 radical (unpaired) electrons. The van der Waals surface area contributed by atoms with Gasteiger partial charge in [-0.1, -0.05) is 18.2 Å². The number of nitrogens with one attached hydrogen (secondary N) is 1. The Bertz CT molecular complexity index is 523. The number of amides is 1. The summed E-state index contributed by atoms with van der Waals surface area (Å²) in [6.07, 6.45) is 3.70. The minimum Gasteiger partial charge on any atom is -0.496 e. The van der Waals surface area contributed by atoms with E-state index in [2.05, 4.69) is 5.32 Å². The molecule has 20 heavy (non-hydrogen) atoms. The van der Waals surface area contributed by atoms with Crippen molar-refractivity contribution in [3.63, 3.8) is 0 Å². The molecule has 0 saturated carbocycles. The van der Waals surface area contributed by atoms with Crippen LogP contribution in [-0.2, 0) is 4.79 Å². The average molecular weight is 277 g/mol. The Morgan fingerprint density at radius 2 is 2.15 bits per heavy atom. The predicted octanol–water partition coefficient (Wildman–Crippen LogP) is 2.15. The van der Waals surface area contributed by atoms with E-state index in [9.17, 15) is 9.59 Å². The third kappa shape index (κ3) is 4.12. The van der Waals surface area contributed by atoms with Crippen LogP contribution in [0.5, 0.6) is 5.75 Å². The Kier molecular flexibility index (Phi) is 5.77. The topological polar surface area (TPSA) is 75.6 Å². The number of hydrogen-bond donors (Lipinski definition) is 2. The van der Waals surface area contributed by atoms with Gasteiger partial charge in [-0.05, 0) is 38.0 Å². The van der Waals surface area contributed by atoms with Gasteiger partial charge in [-0.25, -0.2) is 4.79 Å². The molecule has 0 aliphatic heterocycles. The summed E-state index contributed by atoms with van der Waals surface area (Å²) >= 11 is 0. The van der Waals surface area contributed by atoms with Crippen molar-refractivity contribution in [2.75, 3.05) is 7.11 Å². The Hall–Kier alpha value is -2.30. The Labute approximate surface area is 118 Å². The van der Waals surface area contributed by atoms with Gasteiger partial charge in [0.2, 0.25) is 0 Å². The fourth-order valence-corrected chi connectivity index (χ4v) is 1.70. The number of allylic oxidation sites excluding steroid dienone is 1. The number of aliphatic carboxylic acids is 1. The van der Waals surface area contributed by atoms with E-state index in [4.69, 9.17) is 9.84 Å². The van der Waals surface area contributed by atoms with Crippen molar-refractivity contribution in [3.8, 4) is 5.75 Å². The van der Waals surface area contributed by atoms with Crippen LogP contribution < -0.4 is 10.1 Å². The van der Waals surface area contributed by atoms with Gasteiger partial charge < -0.3 is 15.2 Å². The second-order valence-electron chi connectivity index (χ2n) is 4.35. The van der Waals surface area contributed by atoms with Crippen LogP contribution in [0.2, 0.25) is 0 Å². The molecule has 5 nitrogen and oxygen atoms in total. The van der Waals surface area contributed by atoms with E-state index < -0.39 is 17.9 Å². The molecule has 108 valence electrons.